The maximum absolute atomic E-state index is 11.8. The molecule has 3 heteroatoms. The quantitative estimate of drug-likeness (QED) is 0.765. The van der Waals surface area contributed by atoms with Gasteiger partial charge in [0.1, 0.15) is 5.78 Å². The number of Topliss-reactive ketones (excluding diaryl/α,β-unsaturated/α-hetero) is 1. The summed E-state index contributed by atoms with van der Waals surface area (Å²) in [6, 6.07) is 0. The Kier molecular flexibility index (Phi) is 4.57. The third kappa shape index (κ3) is 4.53. The second kappa shape index (κ2) is 5.66. The van der Waals surface area contributed by atoms with Crippen LogP contribution >= 0.6 is 0 Å². The van der Waals surface area contributed by atoms with Crippen molar-refractivity contribution in [3.05, 3.63) is 0 Å². The third-order valence-corrected chi connectivity index (χ3v) is 4.68. The van der Waals surface area contributed by atoms with Crippen molar-refractivity contribution in [2.24, 2.45) is 10.8 Å². The molecule has 2 aliphatic rings. The van der Waals surface area contributed by atoms with Gasteiger partial charge in [0.2, 0.25) is 0 Å². The summed E-state index contributed by atoms with van der Waals surface area (Å²) in [5.74, 6) is 0.291. The molecule has 2 fully saturated rings. The molecule has 0 aromatic heterocycles. The Morgan fingerprint density at radius 1 is 1.00 bits per heavy atom. The first-order chi connectivity index (χ1) is 9.49. The van der Waals surface area contributed by atoms with Crippen LogP contribution in [0, 0.1) is 10.8 Å². The highest BCUT2D eigenvalue weighted by Crippen LogP contribution is 2.58. The van der Waals surface area contributed by atoms with E-state index in [1.54, 1.807) is 0 Å². The van der Waals surface area contributed by atoms with Crippen molar-refractivity contribution in [1.82, 2.24) is 0 Å². The molecular formula is C18H32O3. The standard InChI is InChI=1S/C18H32O3/c1-16(2,3)15(19)7-8-20-13-9-18(10-13)11-14(12-18)21-17(4,5)6/h13-14H,7-12H2,1-6H3. The van der Waals surface area contributed by atoms with Gasteiger partial charge in [0.25, 0.3) is 0 Å². The van der Waals surface area contributed by atoms with E-state index in [4.69, 9.17) is 9.47 Å². The van der Waals surface area contributed by atoms with Crippen molar-refractivity contribution in [2.45, 2.75) is 91.5 Å². The molecule has 0 heterocycles. The van der Waals surface area contributed by atoms with Gasteiger partial charge in [-0.25, -0.2) is 0 Å². The molecule has 0 bridgehead atoms. The topological polar surface area (TPSA) is 35.5 Å². The van der Waals surface area contributed by atoms with Crippen LogP contribution in [-0.2, 0) is 14.3 Å². The number of carbonyl (C=O) groups is 1. The summed E-state index contributed by atoms with van der Waals surface area (Å²) in [6.45, 7) is 12.9. The van der Waals surface area contributed by atoms with Gasteiger partial charge in [0.15, 0.2) is 0 Å². The maximum Gasteiger partial charge on any atom is 0.140 e. The largest absolute Gasteiger partial charge is 0.378 e. The van der Waals surface area contributed by atoms with Gasteiger partial charge >= 0.3 is 0 Å². The lowest BCUT2D eigenvalue weighted by Crippen LogP contribution is -2.55. The Hall–Kier alpha value is -0.410. The van der Waals surface area contributed by atoms with E-state index in [0.29, 0.717) is 36.4 Å². The molecule has 2 saturated carbocycles. The molecule has 0 N–H and O–H groups in total. The van der Waals surface area contributed by atoms with Crippen LogP contribution in [0.3, 0.4) is 0 Å². The van der Waals surface area contributed by atoms with Crippen LogP contribution < -0.4 is 0 Å². The van der Waals surface area contributed by atoms with Gasteiger partial charge in [-0.1, -0.05) is 20.8 Å². The van der Waals surface area contributed by atoms with E-state index >= 15 is 0 Å². The van der Waals surface area contributed by atoms with Gasteiger partial charge in [0.05, 0.1) is 24.4 Å². The first kappa shape index (κ1) is 17.0. The summed E-state index contributed by atoms with van der Waals surface area (Å²) in [6.07, 6.45) is 6.03. The Bertz CT molecular complexity index is 372. The fourth-order valence-electron chi connectivity index (χ4n) is 3.54. The molecule has 0 aromatic rings. The zero-order chi connectivity index (χ0) is 15.9. The summed E-state index contributed by atoms with van der Waals surface area (Å²) in [5, 5.41) is 0. The van der Waals surface area contributed by atoms with Gasteiger partial charge in [-0.05, 0) is 51.9 Å². The first-order valence-corrected chi connectivity index (χ1v) is 8.32. The molecule has 0 saturated heterocycles. The van der Waals surface area contributed by atoms with Gasteiger partial charge in [0, 0.05) is 11.8 Å². The van der Waals surface area contributed by atoms with Gasteiger partial charge < -0.3 is 9.47 Å². The first-order valence-electron chi connectivity index (χ1n) is 8.32. The van der Waals surface area contributed by atoms with Gasteiger partial charge in [-0.3, -0.25) is 4.79 Å². The molecule has 2 aliphatic carbocycles. The summed E-state index contributed by atoms with van der Waals surface area (Å²) < 4.78 is 11.9. The van der Waals surface area contributed by atoms with Crippen molar-refractivity contribution in [1.29, 1.82) is 0 Å². The zero-order valence-corrected chi connectivity index (χ0v) is 14.6. The minimum atomic E-state index is -0.240. The minimum absolute atomic E-state index is 0.0285. The van der Waals surface area contributed by atoms with E-state index in [1.807, 2.05) is 20.8 Å². The lowest BCUT2D eigenvalue weighted by atomic mass is 9.53. The highest BCUT2D eigenvalue weighted by molar-refractivity contribution is 5.83. The van der Waals surface area contributed by atoms with Crippen LogP contribution in [0.5, 0.6) is 0 Å². The molecular weight excluding hydrogens is 264 g/mol. The Balaban J connectivity index is 1.58. The third-order valence-electron chi connectivity index (χ3n) is 4.68. The van der Waals surface area contributed by atoms with Crippen molar-refractivity contribution in [3.63, 3.8) is 0 Å². The zero-order valence-electron chi connectivity index (χ0n) is 14.6. The van der Waals surface area contributed by atoms with Crippen molar-refractivity contribution in [3.8, 4) is 0 Å². The van der Waals surface area contributed by atoms with E-state index in [0.717, 1.165) is 12.8 Å². The lowest BCUT2D eigenvalue weighted by molar-refractivity contribution is -0.201. The minimum Gasteiger partial charge on any atom is -0.378 e. The molecule has 21 heavy (non-hydrogen) atoms. The van der Waals surface area contributed by atoms with Crippen LogP contribution in [0.25, 0.3) is 0 Å². The van der Waals surface area contributed by atoms with Gasteiger partial charge in [-0.15, -0.1) is 0 Å². The van der Waals surface area contributed by atoms with E-state index in [2.05, 4.69) is 20.8 Å². The molecule has 122 valence electrons. The molecule has 0 amide bonds. The number of ether oxygens (including phenoxy) is 2. The van der Waals surface area contributed by atoms with Crippen molar-refractivity contribution >= 4 is 5.78 Å². The second-order valence-corrected chi connectivity index (χ2v) is 9.08. The molecule has 0 radical (unpaired) electrons. The van der Waals surface area contributed by atoms with Crippen LogP contribution in [-0.4, -0.2) is 30.2 Å². The Morgan fingerprint density at radius 2 is 1.52 bits per heavy atom. The summed E-state index contributed by atoms with van der Waals surface area (Å²) in [4.78, 5) is 11.8. The van der Waals surface area contributed by atoms with E-state index in [9.17, 15) is 4.79 Å². The highest BCUT2D eigenvalue weighted by atomic mass is 16.5. The highest BCUT2D eigenvalue weighted by Gasteiger charge is 2.54. The van der Waals surface area contributed by atoms with Crippen LogP contribution in [0.4, 0.5) is 0 Å². The molecule has 1 spiro atoms. The normalized spacial score (nSPS) is 32.7. The molecule has 2 rings (SSSR count). The second-order valence-electron chi connectivity index (χ2n) is 9.08. The van der Waals surface area contributed by atoms with E-state index < -0.39 is 0 Å². The van der Waals surface area contributed by atoms with E-state index in [1.165, 1.54) is 12.8 Å². The van der Waals surface area contributed by atoms with E-state index in [-0.39, 0.29) is 11.0 Å². The Labute approximate surface area is 129 Å². The van der Waals surface area contributed by atoms with Crippen molar-refractivity contribution < 1.29 is 14.3 Å². The predicted molar refractivity (Wildman–Crippen MR) is 84.3 cm³/mol. The van der Waals surface area contributed by atoms with Gasteiger partial charge in [-0.2, -0.15) is 0 Å². The Morgan fingerprint density at radius 3 is 2.00 bits per heavy atom. The number of hydrogen-bond acceptors (Lipinski definition) is 3. The smallest absolute Gasteiger partial charge is 0.140 e. The average molecular weight is 296 g/mol. The SMILES string of the molecule is CC(C)(C)OC1CC2(CC(OCCC(=O)C(C)(C)C)C2)C1. The molecule has 0 aromatic carbocycles. The molecule has 0 atom stereocenters. The number of hydrogen-bond donors (Lipinski definition) is 0. The average Bonchev–Trinajstić information content (AvgIpc) is 2.18. The van der Waals surface area contributed by atoms with Crippen LogP contribution in [0.1, 0.15) is 73.6 Å². The number of ketones is 1. The summed E-state index contributed by atoms with van der Waals surface area (Å²) in [7, 11) is 0. The number of carbonyl (C=O) groups excluding carboxylic acids is 1. The van der Waals surface area contributed by atoms with Crippen LogP contribution in [0.2, 0.25) is 0 Å². The maximum atomic E-state index is 11.8. The van der Waals surface area contributed by atoms with Crippen molar-refractivity contribution in [2.75, 3.05) is 6.61 Å². The molecule has 0 unspecified atom stereocenters. The fraction of sp³-hybridized carbons (Fsp3) is 0.944. The lowest BCUT2D eigenvalue weighted by Gasteiger charge is -2.58. The van der Waals surface area contributed by atoms with Crippen LogP contribution in [0.15, 0.2) is 0 Å². The fourth-order valence-corrected chi connectivity index (χ4v) is 3.54. The number of rotatable bonds is 5. The molecule has 3 nitrogen and oxygen atoms in total. The summed E-state index contributed by atoms with van der Waals surface area (Å²) in [5.41, 5.74) is 0.226. The summed E-state index contributed by atoms with van der Waals surface area (Å²) >= 11 is 0. The molecule has 0 aliphatic heterocycles. The monoisotopic (exact) mass is 296 g/mol. The predicted octanol–water partition coefficient (Wildman–Crippen LogP) is 4.13.